The second-order valence-electron chi connectivity index (χ2n) is 3.06. The lowest BCUT2D eigenvalue weighted by Crippen LogP contribution is -2.25. The van der Waals surface area contributed by atoms with E-state index in [1.54, 1.807) is 0 Å². The van der Waals surface area contributed by atoms with E-state index >= 15 is 0 Å². The van der Waals surface area contributed by atoms with Crippen molar-refractivity contribution in [3.8, 4) is 0 Å². The number of hydrogen-bond donors (Lipinski definition) is 1. The van der Waals surface area contributed by atoms with Crippen LogP contribution < -0.4 is 4.72 Å². The molecule has 1 rings (SSSR count). The summed E-state index contributed by atoms with van der Waals surface area (Å²) in [6, 6.07) is 9.25. The molecule has 1 atom stereocenters. The Kier molecular flexibility index (Phi) is 3.66. The van der Waals surface area contributed by atoms with Crippen LogP contribution in [0, 0.1) is 0 Å². The van der Waals surface area contributed by atoms with Crippen molar-refractivity contribution in [3.63, 3.8) is 0 Å². The highest BCUT2D eigenvalue weighted by molar-refractivity contribution is 7.89. The first-order chi connectivity index (χ1) is 6.61. The van der Waals surface area contributed by atoms with E-state index in [-0.39, 0.29) is 0 Å². The predicted octanol–water partition coefficient (Wildman–Crippen LogP) is 1.69. The van der Waals surface area contributed by atoms with E-state index in [4.69, 9.17) is 0 Å². The van der Waals surface area contributed by atoms with Crippen molar-refractivity contribution in [1.29, 1.82) is 0 Å². The van der Waals surface area contributed by atoms with Crippen molar-refractivity contribution in [2.75, 3.05) is 7.05 Å². The van der Waals surface area contributed by atoms with Gasteiger partial charge in [0.1, 0.15) is 5.25 Å². The van der Waals surface area contributed by atoms with Crippen LogP contribution in [0.4, 0.5) is 0 Å². The summed E-state index contributed by atoms with van der Waals surface area (Å²) in [7, 11) is -1.77. The zero-order valence-electron chi connectivity index (χ0n) is 8.40. The highest BCUT2D eigenvalue weighted by Gasteiger charge is 2.23. The van der Waals surface area contributed by atoms with Crippen molar-refractivity contribution < 1.29 is 8.42 Å². The van der Waals surface area contributed by atoms with Gasteiger partial charge in [0.15, 0.2) is 0 Å². The minimum absolute atomic E-state index is 0.450. The largest absolute Gasteiger partial charge is 0.218 e. The van der Waals surface area contributed by atoms with Crippen LogP contribution in [-0.2, 0) is 10.0 Å². The maximum Gasteiger partial charge on any atom is 0.218 e. The zero-order chi connectivity index (χ0) is 10.6. The summed E-state index contributed by atoms with van der Waals surface area (Å²) in [5.41, 5.74) is 0.837. The molecule has 14 heavy (non-hydrogen) atoms. The lowest BCUT2D eigenvalue weighted by atomic mass is 10.1. The summed E-state index contributed by atoms with van der Waals surface area (Å²) in [6.07, 6.45) is 0.577. The van der Waals surface area contributed by atoms with Crippen LogP contribution in [0.5, 0.6) is 0 Å². The van der Waals surface area contributed by atoms with Crippen molar-refractivity contribution in [2.45, 2.75) is 18.6 Å². The van der Waals surface area contributed by atoms with Crippen LogP contribution in [0.1, 0.15) is 24.2 Å². The Morgan fingerprint density at radius 1 is 1.29 bits per heavy atom. The van der Waals surface area contributed by atoms with Crippen molar-refractivity contribution >= 4 is 10.0 Å². The summed E-state index contributed by atoms with van der Waals surface area (Å²) in [6.45, 7) is 1.87. The van der Waals surface area contributed by atoms with Gasteiger partial charge in [0.05, 0.1) is 0 Å². The van der Waals surface area contributed by atoms with Crippen LogP contribution in [0.15, 0.2) is 30.3 Å². The predicted molar refractivity (Wildman–Crippen MR) is 57.5 cm³/mol. The number of rotatable bonds is 4. The van der Waals surface area contributed by atoms with E-state index < -0.39 is 15.3 Å². The Balaban J connectivity index is 3.06. The van der Waals surface area contributed by atoms with Crippen LogP contribution >= 0.6 is 0 Å². The molecule has 4 heteroatoms. The summed E-state index contributed by atoms with van der Waals surface area (Å²) in [5, 5.41) is -0.450. The second-order valence-corrected chi connectivity index (χ2v) is 5.12. The minimum Gasteiger partial charge on any atom is -0.218 e. The highest BCUT2D eigenvalue weighted by atomic mass is 32.2. The second kappa shape index (κ2) is 4.57. The number of nitrogens with one attached hydrogen (secondary N) is 1. The maximum absolute atomic E-state index is 11.6. The molecule has 0 spiro atoms. The van der Waals surface area contributed by atoms with Crippen molar-refractivity contribution in [1.82, 2.24) is 4.72 Å². The molecule has 0 bridgehead atoms. The van der Waals surface area contributed by atoms with E-state index in [2.05, 4.69) is 4.72 Å². The molecule has 1 unspecified atom stereocenters. The van der Waals surface area contributed by atoms with E-state index in [0.29, 0.717) is 6.42 Å². The van der Waals surface area contributed by atoms with Crippen LogP contribution in [0.25, 0.3) is 0 Å². The normalized spacial score (nSPS) is 13.9. The molecule has 0 aromatic heterocycles. The molecule has 1 N–H and O–H groups in total. The van der Waals surface area contributed by atoms with Gasteiger partial charge in [-0.25, -0.2) is 13.1 Å². The van der Waals surface area contributed by atoms with E-state index in [9.17, 15) is 8.42 Å². The van der Waals surface area contributed by atoms with Gasteiger partial charge in [-0.05, 0) is 19.0 Å². The molecule has 0 aliphatic rings. The first-order valence-electron chi connectivity index (χ1n) is 4.59. The molecule has 0 aliphatic heterocycles. The molecular formula is C10H15NO2S. The van der Waals surface area contributed by atoms with Gasteiger partial charge in [0, 0.05) is 0 Å². The molecule has 1 aromatic rings. The fraction of sp³-hybridized carbons (Fsp3) is 0.400. The molecule has 0 radical (unpaired) electrons. The molecule has 78 valence electrons. The zero-order valence-corrected chi connectivity index (χ0v) is 9.21. The third kappa shape index (κ3) is 2.33. The number of benzene rings is 1. The maximum atomic E-state index is 11.6. The van der Waals surface area contributed by atoms with E-state index in [1.165, 1.54) is 7.05 Å². The highest BCUT2D eigenvalue weighted by Crippen LogP contribution is 2.23. The molecule has 0 amide bonds. The topological polar surface area (TPSA) is 46.2 Å². The molecule has 0 saturated heterocycles. The fourth-order valence-electron chi connectivity index (χ4n) is 1.44. The third-order valence-corrected chi connectivity index (χ3v) is 4.12. The van der Waals surface area contributed by atoms with Gasteiger partial charge < -0.3 is 0 Å². The molecule has 1 aromatic carbocycles. The van der Waals surface area contributed by atoms with Gasteiger partial charge >= 0.3 is 0 Å². The minimum atomic E-state index is -3.21. The van der Waals surface area contributed by atoms with Gasteiger partial charge in [-0.1, -0.05) is 37.3 Å². The Labute approximate surface area is 85.2 Å². The molecule has 0 aliphatic carbocycles. The van der Waals surface area contributed by atoms with E-state index in [0.717, 1.165) is 5.56 Å². The number of hydrogen-bond acceptors (Lipinski definition) is 2. The van der Waals surface area contributed by atoms with Crippen LogP contribution in [0.3, 0.4) is 0 Å². The molecule has 0 heterocycles. The van der Waals surface area contributed by atoms with Crippen LogP contribution in [0.2, 0.25) is 0 Å². The lowest BCUT2D eigenvalue weighted by molar-refractivity contribution is 0.571. The van der Waals surface area contributed by atoms with Gasteiger partial charge in [-0.3, -0.25) is 0 Å². The molecule has 3 nitrogen and oxygen atoms in total. The Hall–Kier alpha value is -0.870. The Bertz CT molecular complexity index is 372. The number of sulfonamides is 1. The molecule has 0 fully saturated rings. The lowest BCUT2D eigenvalue weighted by Gasteiger charge is -2.14. The SMILES string of the molecule is CCC(c1ccccc1)S(=O)(=O)NC. The van der Waals surface area contributed by atoms with E-state index in [1.807, 2.05) is 37.3 Å². The summed E-state index contributed by atoms with van der Waals surface area (Å²) in [4.78, 5) is 0. The summed E-state index contributed by atoms with van der Waals surface area (Å²) < 4.78 is 25.6. The monoisotopic (exact) mass is 213 g/mol. The van der Waals surface area contributed by atoms with Crippen molar-refractivity contribution in [3.05, 3.63) is 35.9 Å². The first-order valence-corrected chi connectivity index (χ1v) is 6.13. The van der Waals surface area contributed by atoms with Crippen LogP contribution in [-0.4, -0.2) is 15.5 Å². The average Bonchev–Trinajstić information content (AvgIpc) is 2.20. The summed E-state index contributed by atoms with van der Waals surface area (Å²) >= 11 is 0. The first kappa shape index (κ1) is 11.2. The standard InChI is InChI=1S/C10H15NO2S/c1-3-10(14(12,13)11-2)9-7-5-4-6-8-9/h4-8,10-11H,3H2,1-2H3. The third-order valence-electron chi connectivity index (χ3n) is 2.20. The van der Waals surface area contributed by atoms with Gasteiger partial charge in [0.25, 0.3) is 0 Å². The quantitative estimate of drug-likeness (QED) is 0.827. The Morgan fingerprint density at radius 2 is 1.86 bits per heavy atom. The smallest absolute Gasteiger partial charge is 0.218 e. The van der Waals surface area contributed by atoms with Crippen molar-refractivity contribution in [2.24, 2.45) is 0 Å². The van der Waals surface area contributed by atoms with Gasteiger partial charge in [-0.2, -0.15) is 0 Å². The fourth-order valence-corrected chi connectivity index (χ4v) is 2.68. The molecule has 0 saturated carbocycles. The summed E-state index contributed by atoms with van der Waals surface area (Å²) in [5.74, 6) is 0. The van der Waals surface area contributed by atoms with Gasteiger partial charge in [-0.15, -0.1) is 0 Å². The average molecular weight is 213 g/mol. The molecular weight excluding hydrogens is 198 g/mol. The Morgan fingerprint density at radius 3 is 2.29 bits per heavy atom. The van der Waals surface area contributed by atoms with Gasteiger partial charge in [0.2, 0.25) is 10.0 Å².